The number of rotatable bonds is 6. The Kier molecular flexibility index (Phi) is 7.79. The summed E-state index contributed by atoms with van der Waals surface area (Å²) in [6, 6.07) is 0. The maximum absolute atomic E-state index is 5.62. The van der Waals surface area contributed by atoms with Crippen LogP contribution in [-0.4, -0.2) is 0 Å². The molecule has 0 saturated carbocycles. The van der Waals surface area contributed by atoms with E-state index in [1.54, 1.807) is 24.3 Å². The molecule has 0 amide bonds. The van der Waals surface area contributed by atoms with Crippen molar-refractivity contribution < 1.29 is 4.74 Å². The van der Waals surface area contributed by atoms with Crippen molar-refractivity contribution in [2.45, 2.75) is 13.8 Å². The summed E-state index contributed by atoms with van der Waals surface area (Å²) in [5.74, 6) is 1.50. The van der Waals surface area contributed by atoms with E-state index in [-0.39, 0.29) is 0 Å². The normalized spacial score (nSPS) is 13.5. The summed E-state index contributed by atoms with van der Waals surface area (Å²) >= 11 is 0. The zero-order valence-corrected chi connectivity index (χ0v) is 9.44. The Labute approximate surface area is 92.5 Å². The van der Waals surface area contributed by atoms with Gasteiger partial charge in [-0.3, -0.25) is 0 Å². The summed E-state index contributed by atoms with van der Waals surface area (Å²) in [6.45, 7) is 11.1. The molecule has 0 aliphatic rings. The van der Waals surface area contributed by atoms with Gasteiger partial charge >= 0.3 is 0 Å². The Bertz CT molecular complexity index is 282. The standard InChI is InChI=1S/C14H18O/c1-5-9-13(10-6-2)15-14(11-7-3)12-8-4/h5-12H,1,3H2,2,4H3/b10-6-,12-8-,13-9+,14-11+. The van der Waals surface area contributed by atoms with Crippen LogP contribution in [0.3, 0.4) is 0 Å². The summed E-state index contributed by atoms with van der Waals surface area (Å²) in [4.78, 5) is 0. The molecule has 0 radical (unpaired) electrons. The molecular weight excluding hydrogens is 184 g/mol. The summed E-state index contributed by atoms with van der Waals surface area (Å²) in [7, 11) is 0. The highest BCUT2D eigenvalue weighted by Crippen LogP contribution is 2.10. The van der Waals surface area contributed by atoms with E-state index >= 15 is 0 Å². The number of hydrogen-bond acceptors (Lipinski definition) is 1. The van der Waals surface area contributed by atoms with Gasteiger partial charge < -0.3 is 4.74 Å². The highest BCUT2D eigenvalue weighted by atomic mass is 16.5. The highest BCUT2D eigenvalue weighted by molar-refractivity contribution is 5.24. The second-order valence-corrected chi connectivity index (χ2v) is 2.71. The van der Waals surface area contributed by atoms with Gasteiger partial charge in [-0.05, 0) is 38.2 Å². The smallest absolute Gasteiger partial charge is 0.127 e. The lowest BCUT2D eigenvalue weighted by molar-refractivity contribution is 0.336. The minimum atomic E-state index is 0.749. The topological polar surface area (TPSA) is 9.23 Å². The van der Waals surface area contributed by atoms with Gasteiger partial charge in [-0.2, -0.15) is 0 Å². The lowest BCUT2D eigenvalue weighted by Gasteiger charge is -2.06. The lowest BCUT2D eigenvalue weighted by atomic mass is 10.3. The van der Waals surface area contributed by atoms with E-state index in [1.807, 2.05) is 38.2 Å². The molecule has 0 spiro atoms. The van der Waals surface area contributed by atoms with Crippen molar-refractivity contribution in [3.05, 3.63) is 73.3 Å². The maximum atomic E-state index is 5.62. The van der Waals surface area contributed by atoms with Crippen molar-refractivity contribution in [1.82, 2.24) is 0 Å². The van der Waals surface area contributed by atoms with Crippen LogP contribution in [0.15, 0.2) is 73.3 Å². The Hall–Kier alpha value is -1.76. The Morgan fingerprint density at radius 1 is 0.867 bits per heavy atom. The molecule has 0 bridgehead atoms. The fourth-order valence-electron chi connectivity index (χ4n) is 0.944. The third-order valence-electron chi connectivity index (χ3n) is 1.46. The van der Waals surface area contributed by atoms with Gasteiger partial charge in [0.2, 0.25) is 0 Å². The summed E-state index contributed by atoms with van der Waals surface area (Å²) in [6.07, 6.45) is 14.6. The van der Waals surface area contributed by atoms with Crippen LogP contribution in [0.2, 0.25) is 0 Å². The van der Waals surface area contributed by atoms with Gasteiger partial charge in [-0.1, -0.05) is 37.5 Å². The third-order valence-corrected chi connectivity index (χ3v) is 1.46. The second kappa shape index (κ2) is 8.82. The Morgan fingerprint density at radius 2 is 1.27 bits per heavy atom. The van der Waals surface area contributed by atoms with E-state index in [4.69, 9.17) is 4.74 Å². The van der Waals surface area contributed by atoms with E-state index in [0.717, 1.165) is 11.5 Å². The molecule has 0 unspecified atom stereocenters. The van der Waals surface area contributed by atoms with Gasteiger partial charge in [-0.25, -0.2) is 0 Å². The van der Waals surface area contributed by atoms with Crippen LogP contribution in [0.5, 0.6) is 0 Å². The molecule has 0 aromatic heterocycles. The van der Waals surface area contributed by atoms with Crippen LogP contribution in [0.4, 0.5) is 0 Å². The summed E-state index contributed by atoms with van der Waals surface area (Å²) in [5, 5.41) is 0. The maximum Gasteiger partial charge on any atom is 0.127 e. The van der Waals surface area contributed by atoms with Crippen molar-refractivity contribution in [2.24, 2.45) is 0 Å². The summed E-state index contributed by atoms with van der Waals surface area (Å²) in [5.41, 5.74) is 0. The summed E-state index contributed by atoms with van der Waals surface area (Å²) < 4.78 is 5.62. The molecule has 1 heteroatoms. The zero-order chi connectivity index (χ0) is 11.5. The Balaban J connectivity index is 4.76. The molecule has 0 N–H and O–H groups in total. The van der Waals surface area contributed by atoms with Crippen LogP contribution >= 0.6 is 0 Å². The molecule has 0 aliphatic heterocycles. The highest BCUT2D eigenvalue weighted by Gasteiger charge is 1.94. The largest absolute Gasteiger partial charge is 0.457 e. The molecule has 0 aromatic carbocycles. The van der Waals surface area contributed by atoms with Gasteiger partial charge in [0.25, 0.3) is 0 Å². The van der Waals surface area contributed by atoms with Gasteiger partial charge in [0, 0.05) is 0 Å². The van der Waals surface area contributed by atoms with Gasteiger partial charge in [0.05, 0.1) is 0 Å². The van der Waals surface area contributed by atoms with Crippen LogP contribution in [0, 0.1) is 0 Å². The van der Waals surface area contributed by atoms with Crippen LogP contribution in [0.1, 0.15) is 13.8 Å². The van der Waals surface area contributed by atoms with Crippen LogP contribution < -0.4 is 0 Å². The molecule has 80 valence electrons. The molecule has 0 rings (SSSR count). The molecule has 1 nitrogen and oxygen atoms in total. The molecule has 0 saturated heterocycles. The van der Waals surface area contributed by atoms with Gasteiger partial charge in [0.1, 0.15) is 11.5 Å². The zero-order valence-electron chi connectivity index (χ0n) is 9.44. The van der Waals surface area contributed by atoms with Crippen molar-refractivity contribution in [3.63, 3.8) is 0 Å². The van der Waals surface area contributed by atoms with E-state index in [0.29, 0.717) is 0 Å². The SMILES string of the molecule is C=C/C=C(\C=C/C)OC(/C=C\C)=C/C=C. The second-order valence-electron chi connectivity index (χ2n) is 2.71. The van der Waals surface area contributed by atoms with Crippen molar-refractivity contribution in [1.29, 1.82) is 0 Å². The molecular formula is C14H18O. The first-order valence-electron chi connectivity index (χ1n) is 4.87. The lowest BCUT2D eigenvalue weighted by Crippen LogP contribution is -1.88. The van der Waals surface area contributed by atoms with Gasteiger partial charge in [0.15, 0.2) is 0 Å². The monoisotopic (exact) mass is 202 g/mol. The Morgan fingerprint density at radius 3 is 1.53 bits per heavy atom. The minimum absolute atomic E-state index is 0.749. The predicted octanol–water partition coefficient (Wildman–Crippen LogP) is 4.30. The fourth-order valence-corrected chi connectivity index (χ4v) is 0.944. The molecule has 0 aliphatic carbocycles. The first-order chi connectivity index (χ1) is 7.28. The van der Waals surface area contributed by atoms with Crippen molar-refractivity contribution in [3.8, 4) is 0 Å². The fraction of sp³-hybridized carbons (Fsp3) is 0.143. The third kappa shape index (κ3) is 6.33. The first kappa shape index (κ1) is 13.2. The molecule has 15 heavy (non-hydrogen) atoms. The van der Waals surface area contributed by atoms with E-state index in [2.05, 4.69) is 13.2 Å². The first-order valence-corrected chi connectivity index (χ1v) is 4.87. The average Bonchev–Trinajstić information content (AvgIpc) is 2.19. The van der Waals surface area contributed by atoms with Crippen LogP contribution in [0.25, 0.3) is 0 Å². The molecule has 0 heterocycles. The van der Waals surface area contributed by atoms with Crippen molar-refractivity contribution in [2.75, 3.05) is 0 Å². The van der Waals surface area contributed by atoms with E-state index in [9.17, 15) is 0 Å². The van der Waals surface area contributed by atoms with Crippen molar-refractivity contribution >= 4 is 0 Å². The van der Waals surface area contributed by atoms with E-state index in [1.165, 1.54) is 0 Å². The molecule has 0 fully saturated rings. The number of allylic oxidation sites excluding steroid dienone is 8. The minimum Gasteiger partial charge on any atom is -0.457 e. The quantitative estimate of drug-likeness (QED) is 0.461. The number of hydrogen-bond donors (Lipinski definition) is 0. The van der Waals surface area contributed by atoms with Gasteiger partial charge in [-0.15, -0.1) is 0 Å². The average molecular weight is 202 g/mol. The van der Waals surface area contributed by atoms with E-state index < -0.39 is 0 Å². The number of ether oxygens (including phenoxy) is 1. The predicted molar refractivity (Wildman–Crippen MR) is 67.3 cm³/mol. The molecule has 0 atom stereocenters. The molecule has 0 aromatic rings. The van der Waals surface area contributed by atoms with Crippen LogP contribution in [-0.2, 0) is 4.74 Å².